The van der Waals surface area contributed by atoms with E-state index >= 15 is 0 Å². The molecule has 0 amide bonds. The Morgan fingerprint density at radius 3 is 0.895 bits per heavy atom. The molecule has 0 fully saturated rings. The summed E-state index contributed by atoms with van der Waals surface area (Å²) in [6, 6.07) is 0. The predicted octanol–water partition coefficient (Wildman–Crippen LogP) is -35.4. The highest BCUT2D eigenvalue weighted by Crippen LogP contribution is 2.31. The third-order valence-electron chi connectivity index (χ3n) is 16.5. The van der Waals surface area contributed by atoms with Gasteiger partial charge in [0.1, 0.15) is 0 Å². The van der Waals surface area contributed by atoms with Crippen LogP contribution in [0.1, 0.15) is 0 Å². The summed E-state index contributed by atoms with van der Waals surface area (Å²) in [6.07, 6.45) is 12.7. The maximum Gasteiger partial charge on any atom is 0.0883 e. The Kier molecular flexibility index (Phi) is 29.0. The summed E-state index contributed by atoms with van der Waals surface area (Å²) in [5.41, 5.74) is 15.9. The molecule has 2 atom stereocenters. The van der Waals surface area contributed by atoms with Crippen LogP contribution in [0.15, 0.2) is 0 Å². The SMILES string of the molecule is BBB(B)B(B(B(B)B)B(B)B)[Si](CN)(O[Si](CN)(B(B(B)B(B)B)B(B(B)B)B(B)B)B(B(BB)B(B)B)B(B(B)B)B(B)B)B(B(B)B)B(B(B)B)B(B)B. The van der Waals surface area contributed by atoms with Gasteiger partial charge in [-0.15, -0.1) is 0 Å². The lowest BCUT2D eigenvalue weighted by Crippen LogP contribution is -2.98. The summed E-state index contributed by atoms with van der Waals surface area (Å²) in [5.74, 6) is 0. The van der Waals surface area contributed by atoms with Crippen LogP contribution in [0.5, 0.6) is 0 Å². The fourth-order valence-electron chi connectivity index (χ4n) is 14.5. The molecule has 0 saturated heterocycles. The van der Waals surface area contributed by atoms with Crippen molar-refractivity contribution < 1.29 is 4.12 Å². The van der Waals surface area contributed by atoms with Crippen LogP contribution in [0.4, 0.5) is 0 Å². The van der Waals surface area contributed by atoms with Gasteiger partial charge in [-0.05, 0) is 12.3 Å². The lowest BCUT2D eigenvalue weighted by Gasteiger charge is -2.63. The van der Waals surface area contributed by atoms with Gasteiger partial charge in [-0.1, -0.05) is 0 Å². The van der Waals surface area contributed by atoms with Gasteiger partial charge in [0.25, 0.3) is 0 Å². The van der Waals surface area contributed by atoms with Crippen LogP contribution in [-0.2, 0) is 4.12 Å². The van der Waals surface area contributed by atoms with Crippen molar-refractivity contribution in [1.29, 1.82) is 0 Å². The van der Waals surface area contributed by atoms with E-state index in [0.717, 1.165) is 7.06 Å². The average molecular weight is 727 g/mol. The summed E-state index contributed by atoms with van der Waals surface area (Å²) < 4.78 is 9.51. The van der Waals surface area contributed by atoms with Gasteiger partial charge in [0.05, 0.1) is 242 Å². The van der Waals surface area contributed by atoms with Gasteiger partial charge in [-0.3, -0.25) is 0 Å². The van der Waals surface area contributed by atoms with Gasteiger partial charge >= 0.3 is 0 Å². The van der Waals surface area contributed by atoms with E-state index in [0.29, 0.717) is 152 Å². The number of rotatable bonds is 28. The van der Waals surface area contributed by atoms with Gasteiger partial charge in [-0.2, -0.15) is 0 Å². The second-order valence-corrected chi connectivity index (χ2v) is 32.0. The fourth-order valence-corrected chi connectivity index (χ4v) is 32.8. The van der Waals surface area contributed by atoms with Crippen LogP contribution in [0, 0.1) is 0 Å². The van der Waals surface area contributed by atoms with Crippen LogP contribution in [0.2, 0.25) is 0 Å². The average Bonchev–Trinajstić information content (AvgIpc) is 3.07. The molecule has 0 rings (SSSR count). The first-order valence-corrected chi connectivity index (χ1v) is 29.7. The number of nitrogens with two attached hydrogens (primary N) is 2. The van der Waals surface area contributed by atoms with Crippen LogP contribution in [-0.4, -0.2) is 383 Å². The second kappa shape index (κ2) is 27.3. The Labute approximate surface area is 395 Å². The molecule has 0 aliphatic carbocycles. The van der Waals surface area contributed by atoms with Gasteiger partial charge in [0.2, 0.25) is 0 Å². The summed E-state index contributed by atoms with van der Waals surface area (Å²) in [6.45, 7) is 0. The smallest absolute Gasteiger partial charge is 0.0883 e. The minimum absolute atomic E-state index is 0.428. The third kappa shape index (κ3) is 14.8. The summed E-state index contributed by atoms with van der Waals surface area (Å²) in [4.78, 5) is 0. The second-order valence-electron chi connectivity index (χ2n) is 23.8. The molecule has 244 valence electrons. The minimum Gasteiger partial charge on any atom is -0.481 e. The topological polar surface area (TPSA) is 61.3 Å². The van der Waals surface area contributed by atoms with Crippen LogP contribution >= 0.6 is 0 Å². The molecular formula is C2H62B50N2OSi2. The van der Waals surface area contributed by atoms with E-state index < -0.39 is 16.1 Å². The van der Waals surface area contributed by atoms with Crippen molar-refractivity contribution in [2.45, 2.75) is 0 Å². The van der Waals surface area contributed by atoms with E-state index in [4.69, 9.17) is 11.5 Å². The Balaban J connectivity index is 10.1. The molecule has 0 bridgehead atoms. The van der Waals surface area contributed by atoms with Gasteiger partial charge in [0.15, 0.2) is 0 Å². The Morgan fingerprint density at radius 1 is 0.351 bits per heavy atom. The normalized spacial score (nSPS) is 12.2. The van der Waals surface area contributed by atoms with Crippen molar-refractivity contribution in [2.24, 2.45) is 11.5 Å². The molecule has 0 spiro atoms. The zero-order valence-corrected chi connectivity index (χ0v) is 46.1. The highest BCUT2D eigenvalue weighted by molar-refractivity contribution is 8.26. The molecule has 0 aromatic carbocycles. The standard InChI is InChI=1S/C2H62B50N2OSi2/c3-29-42(27)50(46(35(13)14)36(15)16)56(1-53,49(41(25)26)45(33(9)10)34(11)12)55-57(2-54,51(43(28)31(5)6)47(37(17)18)38(19)20)52(44(30-4)32(7)8)48(39(21)22)40(23)24/h29-30H,1-28,53-54H2. The third-order valence-corrected chi connectivity index (χ3v) is 29.0. The highest BCUT2D eigenvalue weighted by atomic mass is 28.4. The molecule has 0 aliphatic heterocycles. The zero-order valence-electron chi connectivity index (χ0n) is 44.1. The van der Waals surface area contributed by atoms with Crippen molar-refractivity contribution in [1.82, 2.24) is 0 Å². The van der Waals surface area contributed by atoms with Crippen LogP contribution in [0.25, 0.3) is 0 Å². The van der Waals surface area contributed by atoms with E-state index in [9.17, 15) is 4.12 Å². The first-order valence-electron chi connectivity index (χ1n) is 25.2. The van der Waals surface area contributed by atoms with E-state index in [1.807, 2.05) is 0 Å². The van der Waals surface area contributed by atoms with Gasteiger partial charge < -0.3 is 15.6 Å². The minimum atomic E-state index is -3.04. The molecule has 0 radical (unpaired) electrons. The van der Waals surface area contributed by atoms with E-state index in [-0.39, 0.29) is 0 Å². The molecular weight excluding hydrogens is 665 g/mol. The predicted molar refractivity (Wildman–Crippen MR) is 394 cm³/mol. The fraction of sp³-hybridized carbons (Fsp3) is 1.00. The van der Waals surface area contributed by atoms with E-state index in [2.05, 4.69) is 201 Å². The lowest BCUT2D eigenvalue weighted by molar-refractivity contribution is 0.597. The lowest BCUT2D eigenvalue weighted by atomic mass is 8.54. The molecule has 2 unspecified atom stereocenters. The highest BCUT2D eigenvalue weighted by Gasteiger charge is 2.67. The molecule has 0 aliphatic rings. The molecule has 0 aromatic rings. The summed E-state index contributed by atoms with van der Waals surface area (Å²) in [5, 5.41) is 0. The Bertz CT molecular complexity index is 1050. The van der Waals surface area contributed by atoms with Crippen LogP contribution < -0.4 is 11.5 Å². The van der Waals surface area contributed by atoms with Crippen molar-refractivity contribution in [3.63, 3.8) is 0 Å². The quantitative estimate of drug-likeness (QED) is 0.0789. The maximum absolute atomic E-state index is 9.51. The molecule has 0 saturated carbocycles. The van der Waals surface area contributed by atoms with Gasteiger partial charge in [-0.25, -0.2) is 0 Å². The maximum atomic E-state index is 9.51. The van der Waals surface area contributed by atoms with Crippen molar-refractivity contribution in [3.05, 3.63) is 0 Å². The number of hydrogen-bond acceptors (Lipinski definition) is 3. The molecule has 57 heavy (non-hydrogen) atoms. The monoisotopic (exact) mass is 737 g/mol. The first kappa shape index (κ1) is 60.6. The Morgan fingerprint density at radius 2 is 0.649 bits per heavy atom. The number of hydrogen-bond donors (Lipinski definition) is 2. The van der Waals surface area contributed by atoms with Crippen molar-refractivity contribution >= 4 is 371 Å². The first-order chi connectivity index (χ1) is 26.1. The van der Waals surface area contributed by atoms with Crippen LogP contribution in [0.3, 0.4) is 0 Å². The summed E-state index contributed by atoms with van der Waals surface area (Å²) in [7, 11) is 62.2. The molecule has 0 heterocycles. The van der Waals surface area contributed by atoms with Gasteiger partial charge in [0, 0.05) is 129 Å². The zero-order chi connectivity index (χ0) is 45.2. The summed E-state index contributed by atoms with van der Waals surface area (Å²) >= 11 is 0. The largest absolute Gasteiger partial charge is 0.481 e. The molecule has 3 nitrogen and oxygen atoms in total. The van der Waals surface area contributed by atoms with E-state index in [1.54, 1.807) is 0 Å². The molecule has 55 heteroatoms. The molecule has 0 aromatic heterocycles. The van der Waals surface area contributed by atoms with E-state index in [1.165, 1.54) is 7.06 Å². The van der Waals surface area contributed by atoms with Crippen molar-refractivity contribution in [2.75, 3.05) is 12.3 Å². The van der Waals surface area contributed by atoms with Crippen molar-refractivity contribution in [3.8, 4) is 0 Å². The Hall–Kier alpha value is 3.56. The molecule has 4 N–H and O–H groups in total.